The number of aryl methyl sites for hydroxylation is 1. The van der Waals surface area contributed by atoms with E-state index in [1.807, 2.05) is 13.8 Å². The number of rotatable bonds is 6. The molecular formula is C11H18N2O2S. The van der Waals surface area contributed by atoms with E-state index in [0.717, 1.165) is 18.5 Å². The van der Waals surface area contributed by atoms with Crippen molar-refractivity contribution in [2.75, 3.05) is 18.8 Å². The molecule has 90 valence electrons. The van der Waals surface area contributed by atoms with E-state index in [4.69, 9.17) is 0 Å². The number of aromatic nitrogens is 1. The van der Waals surface area contributed by atoms with E-state index >= 15 is 0 Å². The second-order valence-electron chi connectivity index (χ2n) is 3.55. The third-order valence-electron chi connectivity index (χ3n) is 2.33. The molecule has 1 N–H and O–H groups in total. The average Bonchev–Trinajstić information content (AvgIpc) is 2.29. The lowest BCUT2D eigenvalue weighted by Crippen LogP contribution is -2.22. The van der Waals surface area contributed by atoms with E-state index < -0.39 is 9.84 Å². The minimum absolute atomic E-state index is 0.121. The molecule has 0 aliphatic heterocycles. The van der Waals surface area contributed by atoms with Gasteiger partial charge in [0.05, 0.1) is 10.6 Å². The number of hydrogen-bond donors (Lipinski definition) is 1. The molecule has 0 aliphatic carbocycles. The molecule has 0 radical (unpaired) electrons. The molecule has 1 aromatic heterocycles. The largest absolute Gasteiger partial charge is 0.316 e. The van der Waals surface area contributed by atoms with E-state index in [-0.39, 0.29) is 5.75 Å². The molecule has 4 nitrogen and oxygen atoms in total. The Morgan fingerprint density at radius 2 is 2.06 bits per heavy atom. The van der Waals surface area contributed by atoms with Gasteiger partial charge in [0.25, 0.3) is 0 Å². The Labute approximate surface area is 97.0 Å². The summed E-state index contributed by atoms with van der Waals surface area (Å²) in [5.41, 5.74) is 0.949. The number of nitrogens with zero attached hydrogens (tertiary/aromatic N) is 1. The highest BCUT2D eigenvalue weighted by Gasteiger charge is 2.14. The molecule has 0 saturated carbocycles. The minimum atomic E-state index is -3.19. The van der Waals surface area contributed by atoms with Crippen LogP contribution >= 0.6 is 0 Å². The van der Waals surface area contributed by atoms with Gasteiger partial charge in [0.15, 0.2) is 9.84 Å². The molecule has 0 atom stereocenters. The van der Waals surface area contributed by atoms with Gasteiger partial charge in [-0.2, -0.15) is 0 Å². The van der Waals surface area contributed by atoms with Crippen molar-refractivity contribution in [3.05, 3.63) is 24.0 Å². The van der Waals surface area contributed by atoms with Crippen LogP contribution in [0.2, 0.25) is 0 Å². The van der Waals surface area contributed by atoms with E-state index in [9.17, 15) is 8.42 Å². The smallest absolute Gasteiger partial charge is 0.181 e. The zero-order valence-electron chi connectivity index (χ0n) is 9.73. The van der Waals surface area contributed by atoms with Crippen LogP contribution in [0.3, 0.4) is 0 Å². The summed E-state index contributed by atoms with van der Waals surface area (Å²) in [6.45, 7) is 5.19. The van der Waals surface area contributed by atoms with Crippen LogP contribution in [0.15, 0.2) is 23.4 Å². The lowest BCUT2D eigenvalue weighted by atomic mass is 10.2. The van der Waals surface area contributed by atoms with Gasteiger partial charge in [-0.1, -0.05) is 13.8 Å². The Morgan fingerprint density at radius 1 is 1.31 bits per heavy atom. The Hall–Kier alpha value is -0.940. The van der Waals surface area contributed by atoms with E-state index in [2.05, 4.69) is 10.3 Å². The molecule has 1 aromatic rings. The number of nitrogens with one attached hydrogen (secondary N) is 1. The molecule has 0 fully saturated rings. The first kappa shape index (κ1) is 13.1. The molecule has 0 aliphatic rings. The monoisotopic (exact) mass is 242 g/mol. The van der Waals surface area contributed by atoms with Crippen molar-refractivity contribution in [3.8, 4) is 0 Å². The Kier molecular flexibility index (Phi) is 4.89. The van der Waals surface area contributed by atoms with Crippen molar-refractivity contribution >= 4 is 9.84 Å². The summed E-state index contributed by atoms with van der Waals surface area (Å²) in [6.07, 6.45) is 3.91. The molecule has 0 spiro atoms. The van der Waals surface area contributed by atoms with Crippen LogP contribution in [0, 0.1) is 0 Å². The topological polar surface area (TPSA) is 59.1 Å². The summed E-state index contributed by atoms with van der Waals surface area (Å²) in [5.74, 6) is 0.121. The summed E-state index contributed by atoms with van der Waals surface area (Å²) in [5, 5.41) is 3.00. The normalized spacial score (nSPS) is 11.6. The van der Waals surface area contributed by atoms with Crippen LogP contribution < -0.4 is 5.32 Å². The molecule has 0 unspecified atom stereocenters. The van der Waals surface area contributed by atoms with E-state index in [0.29, 0.717) is 11.4 Å². The van der Waals surface area contributed by atoms with E-state index in [1.54, 1.807) is 12.3 Å². The van der Waals surface area contributed by atoms with Gasteiger partial charge in [0.1, 0.15) is 0 Å². The summed E-state index contributed by atoms with van der Waals surface area (Å²) in [4.78, 5) is 4.27. The van der Waals surface area contributed by atoms with Gasteiger partial charge in [-0.05, 0) is 24.6 Å². The third-order valence-corrected chi connectivity index (χ3v) is 4.02. The number of sulfone groups is 1. The van der Waals surface area contributed by atoms with Gasteiger partial charge in [-0.15, -0.1) is 0 Å². The molecular weight excluding hydrogens is 224 g/mol. The van der Waals surface area contributed by atoms with Crippen molar-refractivity contribution in [1.29, 1.82) is 0 Å². The van der Waals surface area contributed by atoms with Gasteiger partial charge in [0, 0.05) is 18.9 Å². The second kappa shape index (κ2) is 5.96. The molecule has 1 heterocycles. The predicted octanol–water partition coefficient (Wildman–Crippen LogP) is 1.03. The fourth-order valence-corrected chi connectivity index (χ4v) is 2.53. The van der Waals surface area contributed by atoms with Gasteiger partial charge in [0.2, 0.25) is 0 Å². The molecule has 16 heavy (non-hydrogen) atoms. The summed E-state index contributed by atoms with van der Waals surface area (Å²) >= 11 is 0. The number of hydrogen-bond acceptors (Lipinski definition) is 4. The van der Waals surface area contributed by atoms with Gasteiger partial charge < -0.3 is 5.32 Å². The SMILES string of the molecule is CCNCCS(=O)(=O)c1cncc(CC)c1. The second-order valence-corrected chi connectivity index (χ2v) is 5.66. The Morgan fingerprint density at radius 3 is 2.69 bits per heavy atom. The zero-order valence-corrected chi connectivity index (χ0v) is 10.5. The summed E-state index contributed by atoms with van der Waals surface area (Å²) < 4.78 is 23.8. The van der Waals surface area contributed by atoms with Crippen LogP contribution in [0.1, 0.15) is 19.4 Å². The van der Waals surface area contributed by atoms with Crippen molar-refractivity contribution in [1.82, 2.24) is 10.3 Å². The van der Waals surface area contributed by atoms with Crippen LogP contribution in [-0.2, 0) is 16.3 Å². The van der Waals surface area contributed by atoms with Crippen LogP contribution in [0.25, 0.3) is 0 Å². The van der Waals surface area contributed by atoms with Crippen molar-refractivity contribution < 1.29 is 8.42 Å². The zero-order chi connectivity index (χ0) is 12.0. The first-order valence-electron chi connectivity index (χ1n) is 5.47. The predicted molar refractivity (Wildman–Crippen MR) is 64.2 cm³/mol. The summed E-state index contributed by atoms with van der Waals surface area (Å²) in [6, 6.07) is 1.70. The third kappa shape index (κ3) is 3.57. The lowest BCUT2D eigenvalue weighted by molar-refractivity contribution is 0.591. The van der Waals surface area contributed by atoms with Gasteiger partial charge in [-0.3, -0.25) is 4.98 Å². The first-order chi connectivity index (χ1) is 7.60. The van der Waals surface area contributed by atoms with Crippen molar-refractivity contribution in [3.63, 3.8) is 0 Å². The standard InChI is InChI=1S/C11H18N2O2S/c1-3-10-7-11(9-13-8-10)16(14,15)6-5-12-4-2/h7-9,12H,3-6H2,1-2H3. The van der Waals surface area contributed by atoms with E-state index in [1.165, 1.54) is 6.20 Å². The Balaban J connectivity index is 2.81. The van der Waals surface area contributed by atoms with Crippen molar-refractivity contribution in [2.24, 2.45) is 0 Å². The molecule has 5 heteroatoms. The highest BCUT2D eigenvalue weighted by molar-refractivity contribution is 7.91. The highest BCUT2D eigenvalue weighted by Crippen LogP contribution is 2.11. The molecule has 0 amide bonds. The fourth-order valence-electron chi connectivity index (χ4n) is 1.33. The maximum absolute atomic E-state index is 11.9. The average molecular weight is 242 g/mol. The van der Waals surface area contributed by atoms with Crippen molar-refractivity contribution in [2.45, 2.75) is 25.2 Å². The van der Waals surface area contributed by atoms with Crippen LogP contribution in [0.4, 0.5) is 0 Å². The molecule has 0 aromatic carbocycles. The van der Waals surface area contributed by atoms with Crippen LogP contribution in [-0.4, -0.2) is 32.2 Å². The first-order valence-corrected chi connectivity index (χ1v) is 7.12. The minimum Gasteiger partial charge on any atom is -0.316 e. The molecule has 0 saturated heterocycles. The van der Waals surface area contributed by atoms with Gasteiger partial charge >= 0.3 is 0 Å². The quantitative estimate of drug-likeness (QED) is 0.757. The maximum atomic E-state index is 11.9. The lowest BCUT2D eigenvalue weighted by Gasteiger charge is -2.05. The molecule has 1 rings (SSSR count). The Bertz CT molecular complexity index is 429. The molecule has 0 bridgehead atoms. The highest BCUT2D eigenvalue weighted by atomic mass is 32.2. The number of pyridine rings is 1. The van der Waals surface area contributed by atoms with Gasteiger partial charge in [-0.25, -0.2) is 8.42 Å². The maximum Gasteiger partial charge on any atom is 0.181 e. The van der Waals surface area contributed by atoms with Crippen LogP contribution in [0.5, 0.6) is 0 Å². The summed E-state index contributed by atoms with van der Waals surface area (Å²) in [7, 11) is -3.19. The fraction of sp³-hybridized carbons (Fsp3) is 0.545.